The van der Waals surface area contributed by atoms with Gasteiger partial charge in [-0.25, -0.2) is 0 Å². The molecule has 2 rings (SSSR count). The first kappa shape index (κ1) is 18.8. The van der Waals surface area contributed by atoms with Gasteiger partial charge in [-0.1, -0.05) is 0 Å². The Hall–Kier alpha value is -1.57. The number of halogens is 3. The zero-order valence-corrected chi connectivity index (χ0v) is 14.4. The molecule has 1 saturated heterocycles. The van der Waals surface area contributed by atoms with Crippen LogP contribution in [-0.2, 0) is 6.18 Å². The van der Waals surface area contributed by atoms with Crippen molar-refractivity contribution in [3.8, 4) is 0 Å². The molecule has 1 fully saturated rings. The van der Waals surface area contributed by atoms with Crippen molar-refractivity contribution in [3.63, 3.8) is 0 Å². The van der Waals surface area contributed by atoms with E-state index in [1.807, 2.05) is 6.92 Å². The van der Waals surface area contributed by atoms with E-state index in [-0.39, 0.29) is 6.04 Å². The van der Waals surface area contributed by atoms with E-state index in [1.165, 1.54) is 12.8 Å². The third-order valence-corrected chi connectivity index (χ3v) is 4.25. The molecule has 136 valence electrons. The van der Waals surface area contributed by atoms with Crippen molar-refractivity contribution in [3.05, 3.63) is 17.5 Å². The highest BCUT2D eigenvalue weighted by atomic mass is 19.4. The minimum absolute atomic E-state index is 0.193. The monoisotopic (exact) mass is 346 g/mol. The highest BCUT2D eigenvalue weighted by Crippen LogP contribution is 2.33. The first-order valence-corrected chi connectivity index (χ1v) is 8.38. The minimum atomic E-state index is -4.62. The third kappa shape index (κ3) is 4.49. The van der Waals surface area contributed by atoms with Crippen LogP contribution in [0.15, 0.2) is 6.20 Å². The number of nitrogens with one attached hydrogen (secondary N) is 1. The molecular formula is C16H25F3N4O. The molecule has 1 amide bonds. The number of hydrogen-bond acceptors (Lipinski definition) is 3. The molecule has 0 aliphatic carbocycles. The second kappa shape index (κ2) is 7.55. The van der Waals surface area contributed by atoms with Gasteiger partial charge in [0.15, 0.2) is 5.69 Å². The summed E-state index contributed by atoms with van der Waals surface area (Å²) in [6.07, 6.45) is -0.531. The summed E-state index contributed by atoms with van der Waals surface area (Å²) in [5.41, 5.74) is -1.40. The van der Waals surface area contributed by atoms with Gasteiger partial charge in [-0.15, -0.1) is 0 Å². The van der Waals surface area contributed by atoms with Crippen molar-refractivity contribution in [2.24, 2.45) is 0 Å². The number of likely N-dealkylation sites (tertiary alicyclic amines) is 1. The first-order chi connectivity index (χ1) is 11.2. The second-order valence-corrected chi connectivity index (χ2v) is 6.65. The maximum Gasteiger partial charge on any atom is 0.433 e. The Morgan fingerprint density at radius 2 is 1.92 bits per heavy atom. The molecule has 8 heteroatoms. The quantitative estimate of drug-likeness (QED) is 0.861. The predicted molar refractivity (Wildman–Crippen MR) is 84.8 cm³/mol. The topological polar surface area (TPSA) is 50.2 Å². The summed E-state index contributed by atoms with van der Waals surface area (Å²) >= 11 is 0. The van der Waals surface area contributed by atoms with Crippen LogP contribution in [0.2, 0.25) is 0 Å². The summed E-state index contributed by atoms with van der Waals surface area (Å²) in [4.78, 5) is 14.6. The molecule has 0 bridgehead atoms. The molecular weight excluding hydrogens is 321 g/mol. The summed E-state index contributed by atoms with van der Waals surface area (Å²) in [5, 5.41) is 6.41. The Morgan fingerprint density at radius 3 is 2.46 bits per heavy atom. The second-order valence-electron chi connectivity index (χ2n) is 6.65. The van der Waals surface area contributed by atoms with Crippen molar-refractivity contribution in [2.75, 3.05) is 19.6 Å². The average molecular weight is 346 g/mol. The molecule has 1 aromatic heterocycles. The van der Waals surface area contributed by atoms with Gasteiger partial charge in [0.05, 0.1) is 11.8 Å². The van der Waals surface area contributed by atoms with Crippen LogP contribution in [0, 0.1) is 0 Å². The number of rotatable bonds is 6. The van der Waals surface area contributed by atoms with Gasteiger partial charge < -0.3 is 10.2 Å². The molecule has 2 heterocycles. The lowest BCUT2D eigenvalue weighted by Gasteiger charge is -2.19. The van der Waals surface area contributed by atoms with E-state index in [4.69, 9.17) is 0 Å². The molecule has 1 aliphatic rings. The minimum Gasteiger partial charge on any atom is -0.349 e. The number of nitrogens with zero attached hydrogens (tertiary/aromatic N) is 3. The van der Waals surface area contributed by atoms with Gasteiger partial charge in [-0.05, 0) is 53.1 Å². The lowest BCUT2D eigenvalue weighted by Crippen LogP contribution is -2.36. The summed E-state index contributed by atoms with van der Waals surface area (Å²) in [6.45, 7) is 7.97. The van der Waals surface area contributed by atoms with Crippen LogP contribution < -0.4 is 5.32 Å². The molecule has 0 unspecified atom stereocenters. The van der Waals surface area contributed by atoms with E-state index in [2.05, 4.69) is 15.3 Å². The van der Waals surface area contributed by atoms with Crippen LogP contribution in [0.25, 0.3) is 0 Å². The number of hydrogen-bond donors (Lipinski definition) is 1. The highest BCUT2D eigenvalue weighted by molar-refractivity contribution is 5.95. The molecule has 1 N–H and O–H groups in total. The maximum absolute atomic E-state index is 13.3. The fourth-order valence-electron chi connectivity index (χ4n) is 2.96. The summed E-state index contributed by atoms with van der Waals surface area (Å²) in [7, 11) is 0. The predicted octanol–water partition coefficient (Wildman–Crippen LogP) is 3.09. The molecule has 1 aliphatic heterocycles. The molecule has 24 heavy (non-hydrogen) atoms. The number of aromatic nitrogens is 2. The third-order valence-electron chi connectivity index (χ3n) is 4.25. The molecule has 0 aromatic carbocycles. The van der Waals surface area contributed by atoms with Crippen molar-refractivity contribution in [1.82, 2.24) is 20.0 Å². The lowest BCUT2D eigenvalue weighted by molar-refractivity contribution is -0.145. The summed E-state index contributed by atoms with van der Waals surface area (Å²) < 4.78 is 40.8. The van der Waals surface area contributed by atoms with Crippen LogP contribution in [0.5, 0.6) is 0 Å². The molecule has 0 saturated carbocycles. The SMILES string of the molecule is CC(C)n1ncc(C(=O)N[C@@H](C)CCN2CCCC2)c1C(F)(F)F. The Kier molecular flexibility index (Phi) is 5.90. The van der Waals surface area contributed by atoms with Crippen LogP contribution >= 0.6 is 0 Å². The zero-order valence-electron chi connectivity index (χ0n) is 14.4. The Bertz CT molecular complexity index is 562. The van der Waals surface area contributed by atoms with Crippen molar-refractivity contribution in [2.45, 2.75) is 58.3 Å². The van der Waals surface area contributed by atoms with Gasteiger partial charge in [0.1, 0.15) is 0 Å². The van der Waals surface area contributed by atoms with Gasteiger partial charge in [0, 0.05) is 18.6 Å². The standard InChI is InChI=1S/C16H25F3N4O/c1-11(2)23-14(16(17,18)19)13(10-20-23)15(24)21-12(3)6-9-22-7-4-5-8-22/h10-12H,4-9H2,1-3H3,(H,21,24)/t12-/m0/s1. The number of amides is 1. The largest absolute Gasteiger partial charge is 0.433 e. The van der Waals surface area contributed by atoms with E-state index in [9.17, 15) is 18.0 Å². The number of carbonyl (C=O) groups excluding carboxylic acids is 1. The molecule has 5 nitrogen and oxygen atoms in total. The Morgan fingerprint density at radius 1 is 1.29 bits per heavy atom. The Labute approximate surface area is 140 Å². The van der Waals surface area contributed by atoms with Gasteiger partial charge in [0.25, 0.3) is 5.91 Å². The smallest absolute Gasteiger partial charge is 0.349 e. The number of alkyl halides is 3. The van der Waals surface area contributed by atoms with Gasteiger partial charge in [-0.3, -0.25) is 9.48 Å². The highest BCUT2D eigenvalue weighted by Gasteiger charge is 2.40. The zero-order chi connectivity index (χ0) is 17.9. The maximum atomic E-state index is 13.3. The van der Waals surface area contributed by atoms with Crippen LogP contribution in [0.4, 0.5) is 13.2 Å². The van der Waals surface area contributed by atoms with Crippen LogP contribution in [0.1, 0.15) is 62.1 Å². The normalized spacial score (nSPS) is 17.5. The Balaban J connectivity index is 2.03. The fraction of sp³-hybridized carbons (Fsp3) is 0.750. The summed E-state index contributed by atoms with van der Waals surface area (Å²) in [5.74, 6) is -0.719. The van der Waals surface area contributed by atoms with Crippen LogP contribution in [-0.4, -0.2) is 46.3 Å². The molecule has 0 radical (unpaired) electrons. The molecule has 1 atom stereocenters. The lowest BCUT2D eigenvalue weighted by atomic mass is 10.1. The van der Waals surface area contributed by atoms with Gasteiger partial charge in [-0.2, -0.15) is 18.3 Å². The fourth-order valence-corrected chi connectivity index (χ4v) is 2.96. The van der Waals surface area contributed by atoms with E-state index in [0.717, 1.165) is 30.5 Å². The van der Waals surface area contributed by atoms with E-state index >= 15 is 0 Å². The van der Waals surface area contributed by atoms with Crippen molar-refractivity contribution < 1.29 is 18.0 Å². The van der Waals surface area contributed by atoms with Crippen LogP contribution in [0.3, 0.4) is 0 Å². The van der Waals surface area contributed by atoms with Crippen molar-refractivity contribution in [1.29, 1.82) is 0 Å². The van der Waals surface area contributed by atoms with E-state index in [1.54, 1.807) is 13.8 Å². The average Bonchev–Trinajstić information content (AvgIpc) is 3.13. The number of carbonyl (C=O) groups is 1. The van der Waals surface area contributed by atoms with E-state index < -0.39 is 29.4 Å². The first-order valence-electron chi connectivity index (χ1n) is 8.38. The van der Waals surface area contributed by atoms with Crippen molar-refractivity contribution >= 4 is 5.91 Å². The molecule has 0 spiro atoms. The van der Waals surface area contributed by atoms with E-state index in [0.29, 0.717) is 6.42 Å². The van der Waals surface area contributed by atoms with Gasteiger partial charge >= 0.3 is 6.18 Å². The molecule has 1 aromatic rings. The van der Waals surface area contributed by atoms with Gasteiger partial charge in [0.2, 0.25) is 0 Å². The summed E-state index contributed by atoms with van der Waals surface area (Å²) in [6, 6.07) is -0.669.